The molecule has 1 atom stereocenters. The zero-order valence-corrected chi connectivity index (χ0v) is 12.1. The Kier molecular flexibility index (Phi) is 6.24. The largest absolute Gasteiger partial charge is 0.303 e. The molecule has 96 valence electrons. The second kappa shape index (κ2) is 6.39. The van der Waals surface area contributed by atoms with Crippen molar-refractivity contribution >= 4 is 5.78 Å². The van der Waals surface area contributed by atoms with Crippen LogP contribution >= 0.6 is 0 Å². The molecular formula is C14H29NO. The van der Waals surface area contributed by atoms with Crippen LogP contribution in [0.15, 0.2) is 0 Å². The van der Waals surface area contributed by atoms with Crippen molar-refractivity contribution in [2.24, 2.45) is 11.3 Å². The highest BCUT2D eigenvalue weighted by atomic mass is 16.1. The molecule has 1 unspecified atom stereocenters. The van der Waals surface area contributed by atoms with Gasteiger partial charge in [-0.3, -0.25) is 4.79 Å². The minimum absolute atomic E-state index is 0.192. The van der Waals surface area contributed by atoms with Crippen LogP contribution in [0.25, 0.3) is 0 Å². The molecule has 0 aromatic rings. The molecule has 0 aliphatic carbocycles. The Balaban J connectivity index is 3.98. The van der Waals surface area contributed by atoms with Gasteiger partial charge in [0.2, 0.25) is 0 Å². The lowest BCUT2D eigenvalue weighted by molar-refractivity contribution is -0.126. The van der Waals surface area contributed by atoms with Crippen molar-refractivity contribution in [1.82, 2.24) is 4.90 Å². The third-order valence-corrected chi connectivity index (χ3v) is 3.09. The summed E-state index contributed by atoms with van der Waals surface area (Å²) in [5, 5.41) is 0. The van der Waals surface area contributed by atoms with Crippen LogP contribution in [0.5, 0.6) is 0 Å². The Labute approximate surface area is 101 Å². The van der Waals surface area contributed by atoms with Gasteiger partial charge in [-0.05, 0) is 26.3 Å². The van der Waals surface area contributed by atoms with E-state index >= 15 is 0 Å². The first-order valence-corrected chi connectivity index (χ1v) is 6.38. The van der Waals surface area contributed by atoms with Gasteiger partial charge in [0.25, 0.3) is 0 Å². The fourth-order valence-corrected chi connectivity index (χ4v) is 1.74. The van der Waals surface area contributed by atoms with Crippen LogP contribution in [0.4, 0.5) is 0 Å². The molecule has 0 bridgehead atoms. The number of rotatable bonds is 6. The summed E-state index contributed by atoms with van der Waals surface area (Å²) in [4.78, 5) is 14.1. The first-order valence-electron chi connectivity index (χ1n) is 6.38. The van der Waals surface area contributed by atoms with E-state index in [1.165, 1.54) is 6.42 Å². The summed E-state index contributed by atoms with van der Waals surface area (Å²) in [5.41, 5.74) is -0.192. The minimum atomic E-state index is -0.192. The van der Waals surface area contributed by atoms with Gasteiger partial charge in [0.05, 0.1) is 0 Å². The minimum Gasteiger partial charge on any atom is -0.303 e. The summed E-state index contributed by atoms with van der Waals surface area (Å²) >= 11 is 0. The topological polar surface area (TPSA) is 20.3 Å². The monoisotopic (exact) mass is 227 g/mol. The summed E-state index contributed by atoms with van der Waals surface area (Å²) in [6.07, 6.45) is 1.86. The van der Waals surface area contributed by atoms with Crippen LogP contribution in [-0.2, 0) is 4.79 Å². The van der Waals surface area contributed by atoms with E-state index in [1.54, 1.807) is 0 Å². The molecule has 0 aromatic heterocycles. The molecule has 0 heterocycles. The van der Waals surface area contributed by atoms with Crippen molar-refractivity contribution in [3.63, 3.8) is 0 Å². The second-order valence-electron chi connectivity index (χ2n) is 6.38. The standard InChI is InChI=1S/C14H29NO/c1-11(2)10-12(3)15(7)9-8-13(16)14(4,5)6/h11-12H,8-10H2,1-7H3. The molecule has 0 aliphatic rings. The van der Waals surface area contributed by atoms with Gasteiger partial charge in [-0.15, -0.1) is 0 Å². The second-order valence-corrected chi connectivity index (χ2v) is 6.38. The van der Waals surface area contributed by atoms with Crippen LogP contribution in [0.1, 0.15) is 54.4 Å². The number of hydrogen-bond acceptors (Lipinski definition) is 2. The molecule has 2 heteroatoms. The average molecular weight is 227 g/mol. The molecule has 0 N–H and O–H groups in total. The van der Waals surface area contributed by atoms with E-state index in [-0.39, 0.29) is 5.41 Å². The third kappa shape index (κ3) is 6.26. The Morgan fingerprint density at radius 1 is 1.19 bits per heavy atom. The van der Waals surface area contributed by atoms with E-state index in [9.17, 15) is 4.79 Å². The Bertz CT molecular complexity index is 215. The molecule has 0 saturated heterocycles. The summed E-state index contributed by atoms with van der Waals surface area (Å²) in [7, 11) is 2.11. The molecule has 0 rings (SSSR count). The predicted molar refractivity (Wildman–Crippen MR) is 70.6 cm³/mol. The fraction of sp³-hybridized carbons (Fsp3) is 0.929. The van der Waals surface area contributed by atoms with Crippen LogP contribution in [0.3, 0.4) is 0 Å². The highest BCUT2D eigenvalue weighted by Gasteiger charge is 2.21. The summed E-state index contributed by atoms with van der Waals surface area (Å²) in [5.74, 6) is 1.08. The molecule has 0 spiro atoms. The zero-order chi connectivity index (χ0) is 12.9. The maximum atomic E-state index is 11.8. The maximum absolute atomic E-state index is 11.8. The van der Waals surface area contributed by atoms with E-state index < -0.39 is 0 Å². The quantitative estimate of drug-likeness (QED) is 0.693. The van der Waals surface area contributed by atoms with Crippen molar-refractivity contribution in [2.45, 2.75) is 60.4 Å². The fourth-order valence-electron chi connectivity index (χ4n) is 1.74. The van der Waals surface area contributed by atoms with Crippen molar-refractivity contribution in [2.75, 3.05) is 13.6 Å². The van der Waals surface area contributed by atoms with Crippen molar-refractivity contribution < 1.29 is 4.79 Å². The molecule has 0 aromatic carbocycles. The van der Waals surface area contributed by atoms with Gasteiger partial charge in [-0.1, -0.05) is 34.6 Å². The highest BCUT2D eigenvalue weighted by molar-refractivity contribution is 5.83. The first-order chi connectivity index (χ1) is 7.14. The summed E-state index contributed by atoms with van der Waals surface area (Å²) in [6.45, 7) is 13.6. The Hall–Kier alpha value is -0.370. The smallest absolute Gasteiger partial charge is 0.139 e. The number of Topliss-reactive ketones (excluding diaryl/α,β-unsaturated/α-hetero) is 1. The predicted octanol–water partition coefficient (Wildman–Crippen LogP) is 3.36. The van der Waals surface area contributed by atoms with Crippen molar-refractivity contribution in [1.29, 1.82) is 0 Å². The molecule has 0 amide bonds. The molecule has 0 aliphatic heterocycles. The van der Waals surface area contributed by atoms with Gasteiger partial charge in [-0.25, -0.2) is 0 Å². The van der Waals surface area contributed by atoms with Gasteiger partial charge in [0.15, 0.2) is 0 Å². The lowest BCUT2D eigenvalue weighted by Gasteiger charge is -2.27. The summed E-state index contributed by atoms with van der Waals surface area (Å²) < 4.78 is 0. The SMILES string of the molecule is CC(C)CC(C)N(C)CCC(=O)C(C)(C)C. The van der Waals surface area contributed by atoms with E-state index in [0.717, 1.165) is 12.5 Å². The highest BCUT2D eigenvalue weighted by Crippen LogP contribution is 2.17. The summed E-state index contributed by atoms with van der Waals surface area (Å²) in [6, 6.07) is 0.563. The molecular weight excluding hydrogens is 198 g/mol. The van der Waals surface area contributed by atoms with E-state index in [4.69, 9.17) is 0 Å². The van der Waals surface area contributed by atoms with Crippen molar-refractivity contribution in [3.05, 3.63) is 0 Å². The van der Waals surface area contributed by atoms with E-state index in [1.807, 2.05) is 20.8 Å². The van der Waals surface area contributed by atoms with Crippen molar-refractivity contribution in [3.8, 4) is 0 Å². The zero-order valence-electron chi connectivity index (χ0n) is 12.1. The van der Waals surface area contributed by atoms with Gasteiger partial charge < -0.3 is 4.90 Å². The van der Waals surface area contributed by atoms with Crippen LogP contribution in [0.2, 0.25) is 0 Å². The number of nitrogens with zero attached hydrogens (tertiary/aromatic N) is 1. The first kappa shape index (κ1) is 15.6. The molecule has 2 nitrogen and oxygen atoms in total. The van der Waals surface area contributed by atoms with Gasteiger partial charge in [0, 0.05) is 24.4 Å². The lowest BCUT2D eigenvalue weighted by Crippen LogP contribution is -2.33. The molecule has 16 heavy (non-hydrogen) atoms. The van der Waals surface area contributed by atoms with Crippen LogP contribution < -0.4 is 0 Å². The normalized spacial score (nSPS) is 14.6. The van der Waals surface area contributed by atoms with Crippen LogP contribution in [-0.4, -0.2) is 30.3 Å². The van der Waals surface area contributed by atoms with Gasteiger partial charge >= 0.3 is 0 Å². The molecule has 0 radical (unpaired) electrons. The van der Waals surface area contributed by atoms with Gasteiger partial charge in [-0.2, -0.15) is 0 Å². The molecule has 0 saturated carbocycles. The number of carbonyl (C=O) groups is 1. The Morgan fingerprint density at radius 2 is 1.69 bits per heavy atom. The van der Waals surface area contributed by atoms with Crippen LogP contribution in [0, 0.1) is 11.3 Å². The number of carbonyl (C=O) groups excluding carboxylic acids is 1. The average Bonchev–Trinajstić information content (AvgIpc) is 2.10. The number of hydrogen-bond donors (Lipinski definition) is 0. The van der Waals surface area contributed by atoms with E-state index in [0.29, 0.717) is 18.2 Å². The van der Waals surface area contributed by atoms with E-state index in [2.05, 4.69) is 32.7 Å². The maximum Gasteiger partial charge on any atom is 0.139 e. The Morgan fingerprint density at radius 3 is 2.06 bits per heavy atom. The third-order valence-electron chi connectivity index (χ3n) is 3.09. The van der Waals surface area contributed by atoms with Gasteiger partial charge in [0.1, 0.15) is 5.78 Å². The lowest BCUT2D eigenvalue weighted by atomic mass is 9.89. The molecule has 0 fully saturated rings. The number of ketones is 1.